The van der Waals surface area contributed by atoms with Crippen LogP contribution in [-0.2, 0) is 4.79 Å². The predicted octanol–water partition coefficient (Wildman–Crippen LogP) is 1.26. The number of rotatable bonds is 1. The molecule has 78 valence electrons. The van der Waals surface area contributed by atoms with Crippen LogP contribution in [0.2, 0.25) is 0 Å². The monoisotopic (exact) mass is 207 g/mol. The van der Waals surface area contributed by atoms with Crippen LogP contribution in [0, 0.1) is 0 Å². The third-order valence-electron chi connectivity index (χ3n) is 2.32. The number of para-hydroxylation sites is 1. The van der Waals surface area contributed by atoms with Gasteiger partial charge in [0.15, 0.2) is 6.04 Å². The SMILES string of the molecule is CN1C(=O)Oc2ccccc2C1C(=O)O. The van der Waals surface area contributed by atoms with Crippen LogP contribution in [0.4, 0.5) is 4.79 Å². The molecule has 5 heteroatoms. The number of hydrogen-bond donors (Lipinski definition) is 1. The Morgan fingerprint density at radius 3 is 2.80 bits per heavy atom. The van der Waals surface area contributed by atoms with E-state index in [1.165, 1.54) is 7.05 Å². The minimum atomic E-state index is -1.07. The fourth-order valence-corrected chi connectivity index (χ4v) is 1.58. The molecule has 5 nitrogen and oxygen atoms in total. The summed E-state index contributed by atoms with van der Waals surface area (Å²) in [7, 11) is 1.40. The van der Waals surface area contributed by atoms with Gasteiger partial charge in [-0.3, -0.25) is 4.90 Å². The second-order valence-corrected chi connectivity index (χ2v) is 3.26. The lowest BCUT2D eigenvalue weighted by Gasteiger charge is -2.30. The molecule has 1 heterocycles. The van der Waals surface area contributed by atoms with Crippen molar-refractivity contribution in [2.24, 2.45) is 0 Å². The van der Waals surface area contributed by atoms with Gasteiger partial charge in [-0.2, -0.15) is 0 Å². The van der Waals surface area contributed by atoms with Gasteiger partial charge < -0.3 is 9.84 Å². The van der Waals surface area contributed by atoms with Crippen LogP contribution in [0.3, 0.4) is 0 Å². The van der Waals surface area contributed by atoms with E-state index < -0.39 is 18.1 Å². The van der Waals surface area contributed by atoms with Crippen molar-refractivity contribution in [2.45, 2.75) is 6.04 Å². The molecule has 1 N–H and O–H groups in total. The molecule has 1 atom stereocenters. The molecule has 2 rings (SSSR count). The van der Waals surface area contributed by atoms with Crippen molar-refractivity contribution in [2.75, 3.05) is 7.05 Å². The lowest BCUT2D eigenvalue weighted by Crippen LogP contribution is -2.41. The molecule has 0 saturated heterocycles. The number of benzene rings is 1. The summed E-state index contributed by atoms with van der Waals surface area (Å²) in [5.74, 6) is -0.755. The van der Waals surface area contributed by atoms with Crippen molar-refractivity contribution in [3.63, 3.8) is 0 Å². The van der Waals surface area contributed by atoms with E-state index in [2.05, 4.69) is 0 Å². The summed E-state index contributed by atoms with van der Waals surface area (Å²) in [6.45, 7) is 0. The summed E-state index contributed by atoms with van der Waals surface area (Å²) in [4.78, 5) is 23.4. The van der Waals surface area contributed by atoms with Crippen molar-refractivity contribution in [3.05, 3.63) is 29.8 Å². The first-order valence-corrected chi connectivity index (χ1v) is 4.37. The summed E-state index contributed by atoms with van der Waals surface area (Å²) in [6, 6.07) is 5.65. The smallest absolute Gasteiger partial charge is 0.416 e. The highest BCUT2D eigenvalue weighted by Gasteiger charge is 2.36. The van der Waals surface area contributed by atoms with Crippen molar-refractivity contribution >= 4 is 12.1 Å². The Labute approximate surface area is 85.9 Å². The number of carbonyl (C=O) groups is 2. The molecule has 1 aromatic rings. The first-order chi connectivity index (χ1) is 7.11. The molecule has 0 aliphatic carbocycles. The zero-order valence-corrected chi connectivity index (χ0v) is 8.01. The molecular formula is C10H9NO4. The highest BCUT2D eigenvalue weighted by molar-refractivity contribution is 5.85. The first kappa shape index (κ1) is 9.51. The van der Waals surface area contributed by atoms with Crippen LogP contribution < -0.4 is 4.74 Å². The van der Waals surface area contributed by atoms with E-state index in [1.807, 2.05) is 0 Å². The largest absolute Gasteiger partial charge is 0.479 e. The van der Waals surface area contributed by atoms with E-state index >= 15 is 0 Å². The average Bonchev–Trinajstić information content (AvgIpc) is 2.19. The molecular weight excluding hydrogens is 198 g/mol. The zero-order valence-electron chi connectivity index (χ0n) is 8.01. The maximum absolute atomic E-state index is 11.3. The quantitative estimate of drug-likeness (QED) is 0.752. The van der Waals surface area contributed by atoms with Crippen LogP contribution in [0.25, 0.3) is 0 Å². The fraction of sp³-hybridized carbons (Fsp3) is 0.200. The Morgan fingerprint density at radius 1 is 1.47 bits per heavy atom. The Kier molecular flexibility index (Phi) is 2.07. The molecule has 0 bridgehead atoms. The van der Waals surface area contributed by atoms with Gasteiger partial charge in [-0.05, 0) is 6.07 Å². The van der Waals surface area contributed by atoms with Gasteiger partial charge in [0.25, 0.3) is 0 Å². The Morgan fingerprint density at radius 2 is 2.13 bits per heavy atom. The number of aliphatic carboxylic acids is 1. The maximum Gasteiger partial charge on any atom is 0.416 e. The highest BCUT2D eigenvalue weighted by atomic mass is 16.6. The summed E-state index contributed by atoms with van der Waals surface area (Å²) < 4.78 is 4.95. The molecule has 1 aromatic carbocycles. The van der Waals surface area contributed by atoms with Crippen molar-refractivity contribution < 1.29 is 19.4 Å². The number of carboxylic acids is 1. The van der Waals surface area contributed by atoms with Gasteiger partial charge >= 0.3 is 12.1 Å². The van der Waals surface area contributed by atoms with Gasteiger partial charge in [-0.25, -0.2) is 9.59 Å². The van der Waals surface area contributed by atoms with E-state index in [9.17, 15) is 9.59 Å². The zero-order chi connectivity index (χ0) is 11.0. The summed E-state index contributed by atoms with van der Waals surface area (Å²) >= 11 is 0. The van der Waals surface area contributed by atoms with Gasteiger partial charge in [-0.1, -0.05) is 18.2 Å². The number of hydrogen-bond acceptors (Lipinski definition) is 3. The second-order valence-electron chi connectivity index (χ2n) is 3.26. The average molecular weight is 207 g/mol. The molecule has 0 saturated carbocycles. The van der Waals surface area contributed by atoms with Crippen LogP contribution in [0.1, 0.15) is 11.6 Å². The van der Waals surface area contributed by atoms with E-state index in [0.717, 1.165) is 4.90 Å². The number of ether oxygens (including phenoxy) is 1. The summed E-state index contributed by atoms with van der Waals surface area (Å²) in [5.41, 5.74) is 0.493. The number of carbonyl (C=O) groups excluding carboxylic acids is 1. The van der Waals surface area contributed by atoms with E-state index in [0.29, 0.717) is 11.3 Å². The van der Waals surface area contributed by atoms with E-state index in [4.69, 9.17) is 9.84 Å². The van der Waals surface area contributed by atoms with Gasteiger partial charge in [0.1, 0.15) is 5.75 Å². The number of carboxylic acid groups (broad SMARTS) is 1. The number of amides is 1. The normalized spacial score (nSPS) is 19.4. The molecule has 1 unspecified atom stereocenters. The number of likely N-dealkylation sites (N-methyl/N-ethyl adjacent to an activating group) is 1. The lowest BCUT2D eigenvalue weighted by atomic mass is 10.0. The first-order valence-electron chi connectivity index (χ1n) is 4.37. The minimum absolute atomic E-state index is 0.313. The Hall–Kier alpha value is -2.04. The van der Waals surface area contributed by atoms with Crippen molar-refractivity contribution in [1.29, 1.82) is 0 Å². The van der Waals surface area contributed by atoms with Gasteiger partial charge in [-0.15, -0.1) is 0 Å². The Bertz CT molecular complexity index is 429. The molecule has 0 radical (unpaired) electrons. The molecule has 1 aliphatic heterocycles. The second kappa shape index (κ2) is 3.27. The molecule has 0 spiro atoms. The van der Waals surface area contributed by atoms with Gasteiger partial charge in [0.05, 0.1) is 0 Å². The number of fused-ring (bicyclic) bond motifs is 1. The Balaban J connectivity index is 2.54. The molecule has 0 aromatic heterocycles. The molecule has 0 fully saturated rings. The van der Waals surface area contributed by atoms with Gasteiger partial charge in [0, 0.05) is 12.6 Å². The standard InChI is InChI=1S/C10H9NO4/c1-11-8(9(12)13)6-4-2-3-5-7(6)15-10(11)14/h2-5,8H,1H3,(H,12,13). The molecule has 1 aliphatic rings. The fourth-order valence-electron chi connectivity index (χ4n) is 1.58. The van der Waals surface area contributed by atoms with Crippen LogP contribution in [0.15, 0.2) is 24.3 Å². The summed E-state index contributed by atoms with van der Waals surface area (Å²) in [5, 5.41) is 9.02. The lowest BCUT2D eigenvalue weighted by molar-refractivity contribution is -0.142. The van der Waals surface area contributed by atoms with E-state index in [-0.39, 0.29) is 0 Å². The topological polar surface area (TPSA) is 66.8 Å². The third-order valence-corrected chi connectivity index (χ3v) is 2.32. The van der Waals surface area contributed by atoms with E-state index in [1.54, 1.807) is 24.3 Å². The van der Waals surface area contributed by atoms with Crippen LogP contribution in [0.5, 0.6) is 5.75 Å². The number of nitrogens with zero attached hydrogens (tertiary/aromatic N) is 1. The highest BCUT2D eigenvalue weighted by Crippen LogP contribution is 2.33. The molecule has 15 heavy (non-hydrogen) atoms. The molecule has 1 amide bonds. The maximum atomic E-state index is 11.3. The van der Waals surface area contributed by atoms with Crippen LogP contribution in [-0.4, -0.2) is 29.1 Å². The van der Waals surface area contributed by atoms with Crippen molar-refractivity contribution in [3.8, 4) is 5.75 Å². The van der Waals surface area contributed by atoms with Gasteiger partial charge in [0.2, 0.25) is 0 Å². The van der Waals surface area contributed by atoms with Crippen molar-refractivity contribution in [1.82, 2.24) is 4.90 Å². The third kappa shape index (κ3) is 1.41. The minimum Gasteiger partial charge on any atom is -0.479 e. The predicted molar refractivity (Wildman–Crippen MR) is 50.6 cm³/mol. The van der Waals surface area contributed by atoms with Crippen LogP contribution >= 0.6 is 0 Å². The summed E-state index contributed by atoms with van der Waals surface area (Å²) in [6.07, 6.45) is -0.652.